The van der Waals surface area contributed by atoms with Crippen molar-refractivity contribution in [3.63, 3.8) is 0 Å². The van der Waals surface area contributed by atoms with Gasteiger partial charge in [0.2, 0.25) is 0 Å². The van der Waals surface area contributed by atoms with Crippen LogP contribution in [0.25, 0.3) is 0 Å². The van der Waals surface area contributed by atoms with Crippen LogP contribution in [0.3, 0.4) is 0 Å². The number of rotatable bonds is 4. The molecule has 0 saturated carbocycles. The summed E-state index contributed by atoms with van der Waals surface area (Å²) < 4.78 is 5.16. The van der Waals surface area contributed by atoms with E-state index in [0.29, 0.717) is 5.25 Å². The fraction of sp³-hybridized carbons (Fsp3) is 0.692. The summed E-state index contributed by atoms with van der Waals surface area (Å²) in [4.78, 5) is 0. The molecule has 1 unspecified atom stereocenters. The van der Waals surface area contributed by atoms with Crippen LogP contribution in [0.2, 0.25) is 0 Å². The molecule has 2 heteroatoms. The van der Waals surface area contributed by atoms with Gasteiger partial charge < -0.3 is 4.18 Å². The first kappa shape index (κ1) is 12.9. The Morgan fingerprint density at radius 1 is 1.20 bits per heavy atom. The second-order valence-electron chi connectivity index (χ2n) is 4.33. The number of allylic oxidation sites excluding steroid dienone is 3. The molecular weight excluding hydrogens is 204 g/mol. The van der Waals surface area contributed by atoms with Crippen LogP contribution in [0.15, 0.2) is 22.3 Å². The van der Waals surface area contributed by atoms with Crippen molar-refractivity contribution in [3.8, 4) is 0 Å². The molecule has 0 amide bonds. The minimum absolute atomic E-state index is 0.592. The van der Waals surface area contributed by atoms with Gasteiger partial charge in [-0.15, -0.1) is 0 Å². The Bertz CT molecular complexity index is 285. The third kappa shape index (κ3) is 3.12. The summed E-state index contributed by atoms with van der Waals surface area (Å²) in [7, 11) is 0. The smallest absolute Gasteiger partial charge is 0.0793 e. The largest absolute Gasteiger partial charge is 0.313 e. The summed E-state index contributed by atoms with van der Waals surface area (Å²) >= 11 is 1.60. The van der Waals surface area contributed by atoms with Crippen molar-refractivity contribution in [3.05, 3.63) is 22.3 Å². The van der Waals surface area contributed by atoms with Gasteiger partial charge in [-0.25, -0.2) is 0 Å². The van der Waals surface area contributed by atoms with E-state index >= 15 is 0 Å². The summed E-state index contributed by atoms with van der Waals surface area (Å²) in [6, 6.07) is 0. The van der Waals surface area contributed by atoms with Gasteiger partial charge in [0.1, 0.15) is 0 Å². The van der Waals surface area contributed by atoms with Crippen molar-refractivity contribution in [1.29, 1.82) is 0 Å². The van der Waals surface area contributed by atoms with Gasteiger partial charge in [0, 0.05) is 12.0 Å². The highest BCUT2D eigenvalue weighted by Crippen LogP contribution is 2.34. The molecule has 0 bridgehead atoms. The molecule has 0 N–H and O–H groups in total. The van der Waals surface area contributed by atoms with Gasteiger partial charge >= 0.3 is 0 Å². The van der Waals surface area contributed by atoms with Crippen LogP contribution in [-0.4, -0.2) is 11.9 Å². The fourth-order valence-corrected chi connectivity index (χ4v) is 2.35. The maximum Gasteiger partial charge on any atom is 0.0793 e. The van der Waals surface area contributed by atoms with Crippen molar-refractivity contribution in [2.24, 2.45) is 0 Å². The van der Waals surface area contributed by atoms with E-state index in [1.54, 1.807) is 12.0 Å². The molecule has 1 atom stereocenters. The fourth-order valence-electron chi connectivity index (χ4n) is 1.75. The van der Waals surface area contributed by atoms with E-state index in [1.807, 2.05) is 0 Å². The molecule has 1 heterocycles. The van der Waals surface area contributed by atoms with E-state index in [4.69, 9.17) is 4.18 Å². The molecule has 15 heavy (non-hydrogen) atoms. The lowest BCUT2D eigenvalue weighted by molar-refractivity contribution is 0.328. The normalized spacial score (nSPS) is 24.2. The molecule has 1 fully saturated rings. The summed E-state index contributed by atoms with van der Waals surface area (Å²) in [5.74, 6) is 0. The van der Waals surface area contributed by atoms with Gasteiger partial charge in [-0.2, -0.15) is 0 Å². The second-order valence-corrected chi connectivity index (χ2v) is 5.33. The van der Waals surface area contributed by atoms with Gasteiger partial charge in [-0.1, -0.05) is 24.5 Å². The second kappa shape index (κ2) is 5.76. The molecule has 0 aromatic carbocycles. The highest BCUT2D eigenvalue weighted by Gasteiger charge is 2.23. The van der Waals surface area contributed by atoms with E-state index in [-0.39, 0.29) is 0 Å². The highest BCUT2D eigenvalue weighted by atomic mass is 32.2. The molecule has 1 nitrogen and oxygen atoms in total. The molecule has 1 rings (SSSR count). The minimum Gasteiger partial charge on any atom is -0.313 e. The lowest BCUT2D eigenvalue weighted by Crippen LogP contribution is -2.22. The first-order valence-electron chi connectivity index (χ1n) is 5.70. The molecule has 1 aliphatic heterocycles. The Morgan fingerprint density at radius 3 is 2.20 bits per heavy atom. The quantitative estimate of drug-likeness (QED) is 0.515. The Hall–Kier alpha value is -0.210. The molecule has 1 saturated heterocycles. The predicted molar refractivity (Wildman–Crippen MR) is 69.0 cm³/mol. The monoisotopic (exact) mass is 226 g/mol. The first-order chi connectivity index (χ1) is 7.07. The first-order valence-corrected chi connectivity index (χ1v) is 6.50. The molecule has 0 aromatic heterocycles. The molecular formula is C13H22OS. The van der Waals surface area contributed by atoms with Crippen LogP contribution in [-0.2, 0) is 4.18 Å². The maximum absolute atomic E-state index is 5.16. The van der Waals surface area contributed by atoms with Crippen molar-refractivity contribution < 1.29 is 4.18 Å². The zero-order chi connectivity index (χ0) is 11.4. The molecule has 0 radical (unpaired) electrons. The Labute approximate surface area is 98.2 Å². The molecule has 0 aliphatic carbocycles. The Balaban J connectivity index is 2.80. The van der Waals surface area contributed by atoms with Gasteiger partial charge in [0.25, 0.3) is 0 Å². The van der Waals surface area contributed by atoms with Crippen LogP contribution < -0.4 is 0 Å². The Kier molecular flexibility index (Phi) is 4.94. The van der Waals surface area contributed by atoms with Crippen LogP contribution >= 0.6 is 12.0 Å². The zero-order valence-electron chi connectivity index (χ0n) is 10.5. The number of hydrogen-bond acceptors (Lipinski definition) is 2. The summed E-state index contributed by atoms with van der Waals surface area (Å²) in [6.07, 6.45) is 2.45. The molecule has 0 spiro atoms. The molecule has 0 aromatic rings. The van der Waals surface area contributed by atoms with E-state index in [9.17, 15) is 0 Å². The van der Waals surface area contributed by atoms with Gasteiger partial charge in [0.15, 0.2) is 0 Å². The average molecular weight is 226 g/mol. The van der Waals surface area contributed by atoms with Crippen LogP contribution in [0.5, 0.6) is 0 Å². The molecule has 1 aliphatic rings. The zero-order valence-corrected chi connectivity index (χ0v) is 11.3. The SMILES string of the molecule is CCC/C(C)=C(C)/C(C)=C(\C)C1COS1. The summed E-state index contributed by atoms with van der Waals surface area (Å²) in [5, 5.41) is 0.592. The van der Waals surface area contributed by atoms with Crippen molar-refractivity contribution in [2.45, 2.75) is 52.7 Å². The predicted octanol–water partition coefficient (Wildman–Crippen LogP) is 4.51. The molecule has 86 valence electrons. The average Bonchev–Trinajstić information content (AvgIpc) is 2.13. The topological polar surface area (TPSA) is 9.23 Å². The lowest BCUT2D eigenvalue weighted by atomic mass is 9.96. The van der Waals surface area contributed by atoms with Crippen molar-refractivity contribution in [1.82, 2.24) is 0 Å². The van der Waals surface area contributed by atoms with Crippen LogP contribution in [0.1, 0.15) is 47.5 Å². The highest BCUT2D eigenvalue weighted by molar-refractivity contribution is 7.96. The van der Waals surface area contributed by atoms with E-state index < -0.39 is 0 Å². The Morgan fingerprint density at radius 2 is 1.80 bits per heavy atom. The van der Waals surface area contributed by atoms with Crippen molar-refractivity contribution in [2.75, 3.05) is 6.61 Å². The lowest BCUT2D eigenvalue weighted by Gasteiger charge is -2.27. The van der Waals surface area contributed by atoms with Gasteiger partial charge in [-0.05, 0) is 45.3 Å². The van der Waals surface area contributed by atoms with Crippen LogP contribution in [0.4, 0.5) is 0 Å². The van der Waals surface area contributed by atoms with E-state index in [0.717, 1.165) is 6.61 Å². The summed E-state index contributed by atoms with van der Waals surface area (Å²) in [5.41, 5.74) is 5.95. The third-order valence-electron chi connectivity index (χ3n) is 3.31. The standard InChI is InChI=1S/C13H22OS/c1-6-7-9(2)10(3)11(4)12(5)13-8-14-15-13/h13H,6-8H2,1-5H3/b10-9+,12-11+. The minimum atomic E-state index is 0.592. The van der Waals surface area contributed by atoms with E-state index in [1.165, 1.54) is 35.1 Å². The van der Waals surface area contributed by atoms with Crippen LogP contribution in [0, 0.1) is 0 Å². The van der Waals surface area contributed by atoms with Gasteiger partial charge in [0.05, 0.1) is 11.9 Å². The van der Waals surface area contributed by atoms with Gasteiger partial charge in [-0.3, -0.25) is 0 Å². The summed E-state index contributed by atoms with van der Waals surface area (Å²) in [6.45, 7) is 12.1. The third-order valence-corrected chi connectivity index (χ3v) is 4.30. The van der Waals surface area contributed by atoms with Crippen molar-refractivity contribution >= 4 is 12.0 Å². The number of hydrogen-bond donors (Lipinski definition) is 0. The van der Waals surface area contributed by atoms with E-state index in [2.05, 4.69) is 34.6 Å². The maximum atomic E-state index is 5.16.